The van der Waals surface area contributed by atoms with Gasteiger partial charge in [0.15, 0.2) is 28.0 Å². The summed E-state index contributed by atoms with van der Waals surface area (Å²) < 4.78 is 72.7. The molecule has 0 saturated heterocycles. The van der Waals surface area contributed by atoms with Crippen LogP contribution in [0.1, 0.15) is 66.8 Å². The fraction of sp³-hybridized carbons (Fsp3) is 0.469. The maximum Gasteiger partial charge on any atom is 0.422 e. The average molecular weight is 697 g/mol. The highest BCUT2D eigenvalue weighted by Crippen LogP contribution is 2.48. The monoisotopic (exact) mass is 696 g/mol. The van der Waals surface area contributed by atoms with Gasteiger partial charge in [-0.3, -0.25) is 9.59 Å². The predicted octanol–water partition coefficient (Wildman–Crippen LogP) is 5.78. The van der Waals surface area contributed by atoms with Crippen LogP contribution in [0.15, 0.2) is 48.5 Å². The third kappa shape index (κ3) is 10.7. The van der Waals surface area contributed by atoms with Crippen LogP contribution in [-0.2, 0) is 31.3 Å². The number of rotatable bonds is 17. The van der Waals surface area contributed by atoms with Gasteiger partial charge in [-0.1, -0.05) is 61.8 Å². The van der Waals surface area contributed by atoms with Crippen LogP contribution in [0.25, 0.3) is 0 Å². The summed E-state index contributed by atoms with van der Waals surface area (Å²) in [5.41, 5.74) is 0.469. The van der Waals surface area contributed by atoms with E-state index in [1.165, 1.54) is 7.11 Å². The molecule has 1 fully saturated rings. The number of methoxy groups -OCH3 is 1. The SMILES string of the molecule is COCCS(=O)(=O)CC(=O)C(C)(C)CCC(=O)c1ccc(Cc2nc(NC3(c4ccc(Cl)cc4)CC3)nc(OCC(F)(F)F)n2)cc1. The molecule has 1 aromatic heterocycles. The van der Waals surface area contributed by atoms with Gasteiger partial charge in [-0.05, 0) is 42.5 Å². The van der Waals surface area contributed by atoms with Crippen molar-refractivity contribution in [3.8, 4) is 6.01 Å². The summed E-state index contributed by atoms with van der Waals surface area (Å²) in [6, 6.07) is 13.3. The van der Waals surface area contributed by atoms with Gasteiger partial charge in [0.05, 0.1) is 17.9 Å². The van der Waals surface area contributed by atoms with E-state index in [1.807, 2.05) is 12.1 Å². The van der Waals surface area contributed by atoms with Crippen LogP contribution in [0.2, 0.25) is 5.02 Å². The molecule has 4 rings (SSSR count). The zero-order valence-corrected chi connectivity index (χ0v) is 27.8. The van der Waals surface area contributed by atoms with Gasteiger partial charge in [-0.25, -0.2) is 8.42 Å². The first-order chi connectivity index (χ1) is 22.0. The van der Waals surface area contributed by atoms with E-state index >= 15 is 0 Å². The molecule has 0 radical (unpaired) electrons. The molecule has 254 valence electrons. The molecular formula is C32H36ClF3N4O6S. The standard InChI is InChI=1S/C32H36ClF3N4O6S/c1-30(2,26(42)19-47(43,44)17-16-45-3)13-12-25(41)22-6-4-21(5-7-22)18-27-37-28(39-29(38-27)46-20-32(34,35)36)40-31(14-15-31)23-8-10-24(33)11-9-23/h4-11H,12-20H2,1-3H3,(H,37,38,39,40). The molecule has 10 nitrogen and oxygen atoms in total. The van der Waals surface area contributed by atoms with E-state index in [-0.39, 0.29) is 49.2 Å². The zero-order valence-electron chi connectivity index (χ0n) is 26.2. The van der Waals surface area contributed by atoms with Gasteiger partial charge in [0.2, 0.25) is 5.95 Å². The number of nitrogens with zero attached hydrogens (tertiary/aromatic N) is 3. The van der Waals surface area contributed by atoms with Gasteiger partial charge in [0.1, 0.15) is 11.6 Å². The minimum atomic E-state index is -4.59. The van der Waals surface area contributed by atoms with E-state index in [0.29, 0.717) is 16.1 Å². The maximum absolute atomic E-state index is 12.9. The molecule has 0 aliphatic heterocycles. The van der Waals surface area contributed by atoms with Crippen LogP contribution in [0.4, 0.5) is 19.1 Å². The van der Waals surface area contributed by atoms with E-state index in [0.717, 1.165) is 18.4 Å². The van der Waals surface area contributed by atoms with Crippen LogP contribution < -0.4 is 10.1 Å². The number of sulfone groups is 1. The topological polar surface area (TPSA) is 137 Å². The van der Waals surface area contributed by atoms with E-state index in [4.69, 9.17) is 21.1 Å². The van der Waals surface area contributed by atoms with Crippen molar-refractivity contribution in [1.29, 1.82) is 0 Å². The van der Waals surface area contributed by atoms with E-state index in [1.54, 1.807) is 50.2 Å². The molecule has 3 aromatic rings. The number of benzene rings is 2. The second kappa shape index (κ2) is 14.7. The number of carbonyl (C=O) groups excluding carboxylic acids is 2. The maximum atomic E-state index is 12.9. The fourth-order valence-corrected chi connectivity index (χ4v) is 6.20. The summed E-state index contributed by atoms with van der Waals surface area (Å²) in [6.45, 7) is 1.65. The van der Waals surface area contributed by atoms with Gasteiger partial charge < -0.3 is 14.8 Å². The van der Waals surface area contributed by atoms with Gasteiger partial charge in [0, 0.05) is 36.0 Å². The Morgan fingerprint density at radius 2 is 1.66 bits per heavy atom. The highest BCUT2D eigenvalue weighted by atomic mass is 35.5. The third-order valence-electron chi connectivity index (χ3n) is 7.84. The highest BCUT2D eigenvalue weighted by molar-refractivity contribution is 7.92. The number of nitrogens with one attached hydrogen (secondary N) is 1. The van der Waals surface area contributed by atoms with Gasteiger partial charge in [-0.2, -0.15) is 28.1 Å². The van der Waals surface area contributed by atoms with Crippen LogP contribution in [0.3, 0.4) is 0 Å². The lowest BCUT2D eigenvalue weighted by Crippen LogP contribution is -2.32. The fourth-order valence-electron chi connectivity index (χ4n) is 4.72. The molecule has 1 saturated carbocycles. The molecule has 1 heterocycles. The van der Waals surface area contributed by atoms with E-state index in [2.05, 4.69) is 20.3 Å². The first-order valence-electron chi connectivity index (χ1n) is 14.8. The second-order valence-corrected chi connectivity index (χ2v) is 14.8. The lowest BCUT2D eigenvalue weighted by Gasteiger charge is -2.22. The number of ketones is 2. The van der Waals surface area contributed by atoms with Crippen LogP contribution in [0, 0.1) is 5.41 Å². The minimum Gasteiger partial charge on any atom is -0.454 e. The summed E-state index contributed by atoms with van der Waals surface area (Å²) in [6.07, 6.45) is -2.79. The second-order valence-electron chi connectivity index (χ2n) is 12.2. The van der Waals surface area contributed by atoms with E-state index in [9.17, 15) is 31.2 Å². The van der Waals surface area contributed by atoms with E-state index < -0.39 is 51.1 Å². The summed E-state index contributed by atoms with van der Waals surface area (Å²) in [5, 5.41) is 3.81. The summed E-state index contributed by atoms with van der Waals surface area (Å²) in [7, 11) is -2.25. The van der Waals surface area contributed by atoms with Crippen molar-refractivity contribution in [2.24, 2.45) is 5.41 Å². The van der Waals surface area contributed by atoms with Crippen LogP contribution >= 0.6 is 11.6 Å². The Morgan fingerprint density at radius 3 is 2.26 bits per heavy atom. The number of carbonyl (C=O) groups is 2. The lowest BCUT2D eigenvalue weighted by molar-refractivity contribution is -0.154. The van der Waals surface area contributed by atoms with Crippen molar-refractivity contribution in [1.82, 2.24) is 15.0 Å². The Hall–Kier alpha value is -3.62. The Morgan fingerprint density at radius 1 is 1.00 bits per heavy atom. The first kappa shape index (κ1) is 36.2. The van der Waals surface area contributed by atoms with Crippen molar-refractivity contribution in [2.45, 2.75) is 57.7 Å². The minimum absolute atomic E-state index is 0.00607. The lowest BCUT2D eigenvalue weighted by atomic mass is 9.82. The predicted molar refractivity (Wildman–Crippen MR) is 169 cm³/mol. The Kier molecular flexibility index (Phi) is 11.3. The molecule has 1 aliphatic carbocycles. The number of alkyl halides is 3. The molecule has 0 atom stereocenters. The molecule has 1 N–H and O–H groups in total. The number of hydrogen-bond donors (Lipinski definition) is 1. The molecule has 0 unspecified atom stereocenters. The molecule has 0 amide bonds. The van der Waals surface area contributed by atoms with Crippen molar-refractivity contribution >= 4 is 39.0 Å². The molecule has 1 aliphatic rings. The zero-order chi connectivity index (χ0) is 34.5. The molecule has 47 heavy (non-hydrogen) atoms. The number of halogens is 4. The largest absolute Gasteiger partial charge is 0.454 e. The highest BCUT2D eigenvalue weighted by Gasteiger charge is 2.45. The number of hydrogen-bond acceptors (Lipinski definition) is 10. The van der Waals surface area contributed by atoms with Crippen molar-refractivity contribution in [3.63, 3.8) is 0 Å². The molecule has 0 bridgehead atoms. The quantitative estimate of drug-likeness (QED) is 0.173. The normalized spacial score (nSPS) is 14.4. The Bertz CT molecular complexity index is 1680. The van der Waals surface area contributed by atoms with Gasteiger partial charge in [-0.15, -0.1) is 0 Å². The summed E-state index contributed by atoms with van der Waals surface area (Å²) >= 11 is 6.02. The van der Waals surface area contributed by atoms with Crippen molar-refractivity contribution in [2.75, 3.05) is 37.1 Å². The molecular weight excluding hydrogens is 661 g/mol. The summed E-state index contributed by atoms with van der Waals surface area (Å²) in [5.74, 6) is -1.36. The van der Waals surface area contributed by atoms with Crippen LogP contribution in [0.5, 0.6) is 6.01 Å². The summed E-state index contributed by atoms with van der Waals surface area (Å²) in [4.78, 5) is 38.2. The van der Waals surface area contributed by atoms with Crippen molar-refractivity contribution < 1.29 is 40.7 Å². The number of aromatic nitrogens is 3. The smallest absolute Gasteiger partial charge is 0.422 e. The number of ether oxygens (including phenoxy) is 2. The van der Waals surface area contributed by atoms with Crippen LogP contribution in [-0.4, -0.2) is 72.9 Å². The third-order valence-corrected chi connectivity index (χ3v) is 9.59. The number of Topliss-reactive ketones (excluding diaryl/α,β-unsaturated/α-hetero) is 2. The Labute approximate surface area is 276 Å². The average Bonchev–Trinajstić information content (AvgIpc) is 3.78. The molecule has 15 heteroatoms. The number of anilines is 1. The Balaban J connectivity index is 1.43. The van der Waals surface area contributed by atoms with Gasteiger partial charge >= 0.3 is 12.2 Å². The van der Waals surface area contributed by atoms with Gasteiger partial charge in [0.25, 0.3) is 0 Å². The molecule has 2 aromatic carbocycles. The van der Waals surface area contributed by atoms with Crippen molar-refractivity contribution in [3.05, 3.63) is 76.1 Å². The first-order valence-corrected chi connectivity index (χ1v) is 17.0. The molecule has 0 spiro atoms.